The minimum atomic E-state index is -3.53. The molecule has 2 aromatic carbocycles. The first-order valence-corrected chi connectivity index (χ1v) is 15.6. The van der Waals surface area contributed by atoms with E-state index in [0.29, 0.717) is 13.1 Å². The minimum Gasteiger partial charge on any atom is -0.340 e. The molecule has 10 heteroatoms. The number of hydrogen-bond donors (Lipinski definition) is 0. The molecule has 35 heavy (non-hydrogen) atoms. The average molecular weight is 627 g/mol. The molecule has 1 saturated heterocycles. The molecule has 0 atom stereocenters. The number of benzene rings is 2. The number of sulfone groups is 1. The van der Waals surface area contributed by atoms with Gasteiger partial charge in [-0.3, -0.25) is 14.7 Å². The summed E-state index contributed by atoms with van der Waals surface area (Å²) in [7, 11) is 0.306. The molecule has 0 unspecified atom stereocenters. The van der Waals surface area contributed by atoms with Gasteiger partial charge < -0.3 is 9.47 Å². The summed E-state index contributed by atoms with van der Waals surface area (Å²) in [6.45, 7) is 5.76. The zero-order chi connectivity index (χ0) is 25.2. The molecule has 1 amide bonds. The van der Waals surface area contributed by atoms with Crippen molar-refractivity contribution in [1.82, 2.24) is 14.4 Å². The topological polar surface area (TPSA) is 75.0 Å². The Morgan fingerprint density at radius 1 is 1.09 bits per heavy atom. The lowest BCUT2D eigenvalue weighted by atomic mass is 10.1. The molecule has 0 bridgehead atoms. The maximum absolute atomic E-state index is 12.9. The number of halogens is 1. The fraction of sp³-hybridized carbons (Fsp3) is 0.440. The van der Waals surface area contributed by atoms with E-state index in [1.54, 1.807) is 35.4 Å². The Hall–Kier alpha value is -1.76. The number of carbonyl (C=O) groups excluding carboxylic acids is 1. The van der Waals surface area contributed by atoms with Crippen LogP contribution >= 0.6 is 33.9 Å². The zero-order valence-corrected chi connectivity index (χ0v) is 24.1. The van der Waals surface area contributed by atoms with Gasteiger partial charge in [-0.15, -0.1) is 11.3 Å². The molecular formula is C25H31IN4O3S2. The molecule has 1 aliphatic heterocycles. The highest BCUT2D eigenvalue weighted by atomic mass is 127. The molecule has 0 N–H and O–H groups in total. The van der Waals surface area contributed by atoms with Crippen molar-refractivity contribution in [3.05, 3.63) is 57.3 Å². The third kappa shape index (κ3) is 5.98. The number of alkyl halides is 1. The quantitative estimate of drug-likeness (QED) is 0.297. The monoisotopic (exact) mass is 626 g/mol. The second-order valence-electron chi connectivity index (χ2n) is 8.88. The largest absolute Gasteiger partial charge is 0.340 e. The number of amides is 1. The zero-order valence-electron chi connectivity index (χ0n) is 20.3. The molecule has 1 aromatic heterocycles. The van der Waals surface area contributed by atoms with Crippen molar-refractivity contribution < 1.29 is 13.2 Å². The van der Waals surface area contributed by atoms with Gasteiger partial charge in [-0.05, 0) is 35.4 Å². The predicted molar refractivity (Wildman–Crippen MR) is 150 cm³/mol. The van der Waals surface area contributed by atoms with Crippen LogP contribution in [-0.2, 0) is 32.7 Å². The molecule has 2 heterocycles. The Balaban J connectivity index is 1.32. The Morgan fingerprint density at radius 2 is 1.77 bits per heavy atom. The van der Waals surface area contributed by atoms with Crippen LogP contribution in [0.5, 0.6) is 0 Å². The number of carbonyl (C=O) groups is 1. The summed E-state index contributed by atoms with van der Waals surface area (Å²) in [6, 6.07) is 11.3. The van der Waals surface area contributed by atoms with Crippen LogP contribution in [0.3, 0.4) is 0 Å². The maximum Gasteiger partial charge on any atom is 0.223 e. The predicted octanol–water partition coefficient (Wildman–Crippen LogP) is 3.52. The van der Waals surface area contributed by atoms with Gasteiger partial charge in [0.25, 0.3) is 0 Å². The fourth-order valence-corrected chi connectivity index (χ4v) is 7.18. The molecule has 188 valence electrons. The number of piperazine rings is 1. The van der Waals surface area contributed by atoms with Crippen LogP contribution in [0.25, 0.3) is 10.8 Å². The number of nitrogens with zero attached hydrogens (tertiary/aromatic N) is 4. The second-order valence-corrected chi connectivity index (χ2v) is 12.8. The number of thiazole rings is 1. The van der Waals surface area contributed by atoms with Crippen LogP contribution in [0.2, 0.25) is 0 Å². The van der Waals surface area contributed by atoms with Crippen molar-refractivity contribution in [2.75, 3.05) is 39.0 Å². The van der Waals surface area contributed by atoms with E-state index in [2.05, 4.69) is 50.0 Å². The summed E-state index contributed by atoms with van der Waals surface area (Å²) < 4.78 is 28.9. The lowest BCUT2D eigenvalue weighted by Gasteiger charge is -2.34. The molecule has 0 aliphatic carbocycles. The van der Waals surface area contributed by atoms with Crippen molar-refractivity contribution in [3.63, 3.8) is 0 Å². The number of rotatable bonds is 7. The standard InChI is InChI=1S/C25H31IN4O3S2/c1-18-23(34-25(27-2)28(18)3)17-29-9-11-30(12-10-29)24(31)8-13-35(32,33)22-7-6-20-14-19(16-26)4-5-21(20)15-22/h4-7,14-15H,8-13,16-17H2,1-3H3/b27-25-. The first-order valence-electron chi connectivity index (χ1n) is 11.6. The molecule has 0 spiro atoms. The van der Waals surface area contributed by atoms with Crippen molar-refractivity contribution in [2.45, 2.75) is 29.2 Å². The van der Waals surface area contributed by atoms with Crippen LogP contribution < -0.4 is 4.80 Å². The molecular weight excluding hydrogens is 595 g/mol. The van der Waals surface area contributed by atoms with Crippen molar-refractivity contribution in [2.24, 2.45) is 12.0 Å². The Labute approximate surface area is 224 Å². The third-order valence-electron chi connectivity index (χ3n) is 6.67. The SMILES string of the molecule is C/N=c1\sc(CN2CCN(C(=O)CCS(=O)(=O)c3ccc4cc(CI)ccc4c3)CC2)c(C)n1C. The summed E-state index contributed by atoms with van der Waals surface area (Å²) >= 11 is 4.02. The highest BCUT2D eigenvalue weighted by Gasteiger charge is 2.24. The normalized spacial score (nSPS) is 15.8. The molecule has 3 aromatic rings. The number of aromatic nitrogens is 1. The van der Waals surface area contributed by atoms with Crippen LogP contribution in [0.4, 0.5) is 0 Å². The maximum atomic E-state index is 12.9. The molecule has 1 fully saturated rings. The second kappa shape index (κ2) is 11.1. The Morgan fingerprint density at radius 3 is 2.43 bits per heavy atom. The highest BCUT2D eigenvalue weighted by molar-refractivity contribution is 14.1. The Kier molecular flexibility index (Phi) is 8.34. The highest BCUT2D eigenvalue weighted by Crippen LogP contribution is 2.23. The van der Waals surface area contributed by atoms with Crippen molar-refractivity contribution in [1.29, 1.82) is 0 Å². The average Bonchev–Trinajstić information content (AvgIpc) is 3.14. The van der Waals surface area contributed by atoms with E-state index < -0.39 is 9.84 Å². The van der Waals surface area contributed by atoms with E-state index >= 15 is 0 Å². The van der Waals surface area contributed by atoms with E-state index in [1.165, 1.54) is 16.1 Å². The molecule has 4 rings (SSSR count). The van der Waals surface area contributed by atoms with Gasteiger partial charge in [0.1, 0.15) is 0 Å². The Bertz CT molecular complexity index is 1400. The van der Waals surface area contributed by atoms with E-state index in [1.807, 2.05) is 25.2 Å². The van der Waals surface area contributed by atoms with Gasteiger partial charge in [0.2, 0.25) is 5.91 Å². The van der Waals surface area contributed by atoms with Gasteiger partial charge in [0.15, 0.2) is 14.6 Å². The summed E-state index contributed by atoms with van der Waals surface area (Å²) in [5.41, 5.74) is 2.43. The minimum absolute atomic E-state index is 0.00930. The fourth-order valence-electron chi connectivity index (χ4n) is 4.33. The molecule has 0 saturated carbocycles. The van der Waals surface area contributed by atoms with Crippen molar-refractivity contribution in [3.8, 4) is 0 Å². The molecule has 0 radical (unpaired) electrons. The van der Waals surface area contributed by atoms with Crippen LogP contribution in [0, 0.1) is 6.92 Å². The smallest absolute Gasteiger partial charge is 0.223 e. The van der Waals surface area contributed by atoms with Gasteiger partial charge in [0.05, 0.1) is 10.6 Å². The number of fused-ring (bicyclic) bond motifs is 1. The van der Waals surface area contributed by atoms with Gasteiger partial charge >= 0.3 is 0 Å². The first kappa shape index (κ1) is 26.3. The first-order chi connectivity index (χ1) is 16.7. The molecule has 1 aliphatic rings. The van der Waals surface area contributed by atoms with E-state index in [-0.39, 0.29) is 23.0 Å². The van der Waals surface area contributed by atoms with Crippen LogP contribution in [0.1, 0.15) is 22.6 Å². The van der Waals surface area contributed by atoms with Crippen molar-refractivity contribution >= 4 is 60.4 Å². The van der Waals surface area contributed by atoms with Crippen LogP contribution in [-0.4, -0.2) is 67.7 Å². The summed E-state index contributed by atoms with van der Waals surface area (Å²) in [4.78, 5) is 23.8. The lowest BCUT2D eigenvalue weighted by molar-refractivity contribution is -0.132. The number of hydrogen-bond acceptors (Lipinski definition) is 6. The third-order valence-corrected chi connectivity index (χ3v) is 10.6. The van der Waals surface area contributed by atoms with Gasteiger partial charge in [0, 0.05) is 68.2 Å². The van der Waals surface area contributed by atoms with Crippen LogP contribution in [0.15, 0.2) is 46.3 Å². The van der Waals surface area contributed by atoms with E-state index in [4.69, 9.17) is 0 Å². The van der Waals surface area contributed by atoms with Gasteiger partial charge in [-0.25, -0.2) is 8.42 Å². The van der Waals surface area contributed by atoms with E-state index in [9.17, 15) is 13.2 Å². The van der Waals surface area contributed by atoms with Gasteiger partial charge in [-0.1, -0.05) is 46.9 Å². The summed E-state index contributed by atoms with van der Waals surface area (Å²) in [5.74, 6) is -0.260. The lowest BCUT2D eigenvalue weighted by Crippen LogP contribution is -2.48. The summed E-state index contributed by atoms with van der Waals surface area (Å²) in [6.07, 6.45) is 0.00930. The molecule has 7 nitrogen and oxygen atoms in total. The summed E-state index contributed by atoms with van der Waals surface area (Å²) in [5, 5.41) is 1.93. The van der Waals surface area contributed by atoms with E-state index in [0.717, 1.165) is 39.6 Å². The van der Waals surface area contributed by atoms with Gasteiger partial charge in [-0.2, -0.15) is 0 Å².